The van der Waals surface area contributed by atoms with Crippen LogP contribution in [0.15, 0.2) is 0 Å². The highest BCUT2D eigenvalue weighted by molar-refractivity contribution is 5.74. The van der Waals surface area contributed by atoms with Crippen LogP contribution in [0.25, 0.3) is 0 Å². The van der Waals surface area contributed by atoms with E-state index in [1.165, 1.54) is 0 Å². The molecule has 0 aromatic carbocycles. The normalized spacial score (nSPS) is 10.1. The van der Waals surface area contributed by atoms with Crippen molar-refractivity contribution >= 4 is 5.97 Å². The van der Waals surface area contributed by atoms with Crippen molar-refractivity contribution in [2.24, 2.45) is 5.41 Å². The summed E-state index contributed by atoms with van der Waals surface area (Å²) in [5.74, 6) is -0.932. The zero-order valence-electron chi connectivity index (χ0n) is 7.58. The molecule has 4 heteroatoms. The quantitative estimate of drug-likeness (QED) is 0.697. The summed E-state index contributed by atoms with van der Waals surface area (Å²) in [5.41, 5.74) is -0.925. The van der Waals surface area contributed by atoms with E-state index in [2.05, 4.69) is 0 Å². The Bertz CT molecular complexity index is 242. The van der Waals surface area contributed by atoms with Crippen LogP contribution in [0.3, 0.4) is 0 Å². The van der Waals surface area contributed by atoms with Crippen LogP contribution in [0.2, 0.25) is 0 Å². The lowest BCUT2D eigenvalue weighted by molar-refractivity contribution is -0.148. The molecule has 0 fully saturated rings. The largest absolute Gasteiger partial charge is 0.481 e. The molecule has 0 saturated carbocycles. The van der Waals surface area contributed by atoms with Gasteiger partial charge < -0.3 is 5.11 Å². The van der Waals surface area contributed by atoms with E-state index in [0.717, 1.165) is 0 Å². The Morgan fingerprint density at radius 3 is 1.92 bits per heavy atom. The predicted octanol–water partition coefficient (Wildman–Crippen LogP) is 1.68. The van der Waals surface area contributed by atoms with Gasteiger partial charge in [-0.15, -0.1) is 0 Å². The fourth-order valence-electron chi connectivity index (χ4n) is 1.00. The zero-order valence-corrected chi connectivity index (χ0v) is 7.58. The van der Waals surface area contributed by atoms with Crippen molar-refractivity contribution in [2.45, 2.75) is 32.6 Å². The topological polar surface area (TPSA) is 84.9 Å². The summed E-state index contributed by atoms with van der Waals surface area (Å²) < 4.78 is 0. The van der Waals surface area contributed by atoms with Crippen LogP contribution in [0.4, 0.5) is 0 Å². The van der Waals surface area contributed by atoms with E-state index in [9.17, 15) is 4.79 Å². The Morgan fingerprint density at radius 1 is 1.31 bits per heavy atom. The van der Waals surface area contributed by atoms with Crippen LogP contribution < -0.4 is 0 Å². The maximum atomic E-state index is 10.8. The number of hydrogen-bond donors (Lipinski definition) is 1. The van der Waals surface area contributed by atoms with Crippen LogP contribution in [0.1, 0.15) is 32.6 Å². The molecule has 0 aliphatic rings. The standard InChI is InChI=1S/C9H12N2O2/c1-9(8(12)13,4-2-6-10)5-3-7-11/h2-5H2,1H3,(H,12,13). The molecular weight excluding hydrogens is 168 g/mol. The van der Waals surface area contributed by atoms with Gasteiger partial charge in [0.25, 0.3) is 0 Å². The highest BCUT2D eigenvalue weighted by atomic mass is 16.4. The number of nitriles is 2. The molecule has 1 N–H and O–H groups in total. The van der Waals surface area contributed by atoms with Crippen LogP contribution in [-0.2, 0) is 4.79 Å². The van der Waals surface area contributed by atoms with Gasteiger partial charge in [0.15, 0.2) is 0 Å². The lowest BCUT2D eigenvalue weighted by Crippen LogP contribution is -2.27. The van der Waals surface area contributed by atoms with Gasteiger partial charge in [-0.3, -0.25) is 4.79 Å². The van der Waals surface area contributed by atoms with Gasteiger partial charge in [-0.05, 0) is 19.8 Å². The first kappa shape index (κ1) is 11.4. The monoisotopic (exact) mass is 180 g/mol. The Labute approximate surface area is 77.4 Å². The summed E-state index contributed by atoms with van der Waals surface area (Å²) >= 11 is 0. The van der Waals surface area contributed by atoms with Crippen LogP contribution in [0, 0.1) is 28.1 Å². The highest BCUT2D eigenvalue weighted by Crippen LogP contribution is 2.29. The molecule has 0 spiro atoms. The second-order valence-corrected chi connectivity index (χ2v) is 3.18. The molecule has 0 aromatic heterocycles. The molecule has 0 rings (SSSR count). The highest BCUT2D eigenvalue weighted by Gasteiger charge is 2.31. The molecule has 0 unspecified atom stereocenters. The lowest BCUT2D eigenvalue weighted by Gasteiger charge is -2.21. The lowest BCUT2D eigenvalue weighted by atomic mass is 9.81. The second kappa shape index (κ2) is 5.16. The summed E-state index contributed by atoms with van der Waals surface area (Å²) in [6.45, 7) is 1.57. The van der Waals surface area contributed by atoms with Gasteiger partial charge in [0, 0.05) is 12.8 Å². The average molecular weight is 180 g/mol. The van der Waals surface area contributed by atoms with Gasteiger partial charge in [-0.25, -0.2) is 0 Å². The summed E-state index contributed by atoms with van der Waals surface area (Å²) in [4.78, 5) is 10.8. The molecule has 0 radical (unpaired) electrons. The van der Waals surface area contributed by atoms with Crippen molar-refractivity contribution in [2.75, 3.05) is 0 Å². The molecule has 0 heterocycles. The third-order valence-corrected chi connectivity index (χ3v) is 2.09. The first-order chi connectivity index (χ1) is 6.06. The van der Waals surface area contributed by atoms with Gasteiger partial charge in [-0.2, -0.15) is 10.5 Å². The van der Waals surface area contributed by atoms with Crippen molar-refractivity contribution in [3.63, 3.8) is 0 Å². The van der Waals surface area contributed by atoms with Crippen LogP contribution in [-0.4, -0.2) is 11.1 Å². The molecule has 13 heavy (non-hydrogen) atoms. The Kier molecular flexibility index (Phi) is 4.54. The number of rotatable bonds is 5. The minimum atomic E-state index is -0.932. The molecular formula is C9H12N2O2. The number of carbonyl (C=O) groups is 1. The summed E-state index contributed by atoms with van der Waals surface area (Å²) in [7, 11) is 0. The van der Waals surface area contributed by atoms with E-state index < -0.39 is 11.4 Å². The maximum absolute atomic E-state index is 10.8. The third kappa shape index (κ3) is 3.57. The fraction of sp³-hybridized carbons (Fsp3) is 0.667. The molecule has 0 aliphatic heterocycles. The minimum Gasteiger partial charge on any atom is -0.481 e. The van der Waals surface area contributed by atoms with Gasteiger partial charge in [0.1, 0.15) is 0 Å². The molecule has 0 aromatic rings. The van der Waals surface area contributed by atoms with Crippen molar-refractivity contribution in [3.8, 4) is 12.1 Å². The molecule has 0 bridgehead atoms. The molecule has 0 saturated heterocycles. The summed E-state index contributed by atoms with van der Waals surface area (Å²) in [6.07, 6.45) is 1.05. The van der Waals surface area contributed by atoms with Gasteiger partial charge >= 0.3 is 5.97 Å². The first-order valence-electron chi connectivity index (χ1n) is 4.04. The number of aliphatic carboxylic acids is 1. The number of nitrogens with zero attached hydrogens (tertiary/aromatic N) is 2. The van der Waals surface area contributed by atoms with Crippen molar-refractivity contribution < 1.29 is 9.90 Å². The van der Waals surface area contributed by atoms with Gasteiger partial charge in [0.05, 0.1) is 17.6 Å². The van der Waals surface area contributed by atoms with Crippen molar-refractivity contribution in [1.82, 2.24) is 0 Å². The smallest absolute Gasteiger partial charge is 0.309 e. The number of carboxylic acids is 1. The summed E-state index contributed by atoms with van der Waals surface area (Å²) in [6, 6.07) is 3.82. The van der Waals surface area contributed by atoms with Gasteiger partial charge in [-0.1, -0.05) is 0 Å². The van der Waals surface area contributed by atoms with Crippen molar-refractivity contribution in [3.05, 3.63) is 0 Å². The minimum absolute atomic E-state index is 0.216. The Hall–Kier alpha value is -1.55. The molecule has 4 nitrogen and oxygen atoms in total. The Morgan fingerprint density at radius 2 is 1.69 bits per heavy atom. The number of carboxylic acid groups (broad SMARTS) is 1. The first-order valence-corrected chi connectivity index (χ1v) is 4.04. The van der Waals surface area contributed by atoms with Crippen LogP contribution >= 0.6 is 0 Å². The summed E-state index contributed by atoms with van der Waals surface area (Å²) in [5, 5.41) is 25.5. The van der Waals surface area contributed by atoms with E-state index in [1.807, 2.05) is 12.1 Å². The van der Waals surface area contributed by atoms with E-state index in [-0.39, 0.29) is 12.8 Å². The van der Waals surface area contributed by atoms with E-state index in [1.54, 1.807) is 6.92 Å². The second-order valence-electron chi connectivity index (χ2n) is 3.18. The van der Waals surface area contributed by atoms with Crippen molar-refractivity contribution in [1.29, 1.82) is 10.5 Å². The molecule has 0 atom stereocenters. The van der Waals surface area contributed by atoms with E-state index in [4.69, 9.17) is 15.6 Å². The SMILES string of the molecule is CC(CCC#N)(CCC#N)C(=O)O. The molecule has 0 amide bonds. The fourth-order valence-corrected chi connectivity index (χ4v) is 1.00. The Balaban J connectivity index is 4.28. The molecule has 70 valence electrons. The number of hydrogen-bond acceptors (Lipinski definition) is 3. The van der Waals surface area contributed by atoms with E-state index in [0.29, 0.717) is 12.8 Å². The third-order valence-electron chi connectivity index (χ3n) is 2.09. The average Bonchev–Trinajstić information content (AvgIpc) is 2.11. The zero-order chi connectivity index (χ0) is 10.3. The maximum Gasteiger partial charge on any atom is 0.309 e. The molecule has 0 aliphatic carbocycles. The predicted molar refractivity (Wildman–Crippen MR) is 45.4 cm³/mol. The van der Waals surface area contributed by atoms with Crippen LogP contribution in [0.5, 0.6) is 0 Å². The van der Waals surface area contributed by atoms with E-state index >= 15 is 0 Å². The van der Waals surface area contributed by atoms with Gasteiger partial charge in [0.2, 0.25) is 0 Å².